The number of hydrogen-bond donors (Lipinski definition) is 0. The topological polar surface area (TPSA) is 0 Å². The predicted molar refractivity (Wildman–Crippen MR) is 43.1 cm³/mol. The van der Waals surface area contributed by atoms with Crippen LogP contribution in [0.5, 0.6) is 0 Å². The van der Waals surface area contributed by atoms with Crippen molar-refractivity contribution in [2.24, 2.45) is 0 Å². The maximum atomic E-state index is 2.58. The molecule has 0 aliphatic heterocycles. The molecule has 0 aromatic carbocycles. The van der Waals surface area contributed by atoms with E-state index >= 15 is 0 Å². The molecule has 0 rings (SSSR count). The third-order valence-corrected chi connectivity index (χ3v) is 22.5. The van der Waals surface area contributed by atoms with Gasteiger partial charge in [0, 0.05) is 0 Å². The van der Waals surface area contributed by atoms with Crippen molar-refractivity contribution < 1.29 is 0 Å². The van der Waals surface area contributed by atoms with E-state index in [1.165, 1.54) is 0 Å². The summed E-state index contributed by atoms with van der Waals surface area (Å²) >= 11 is -1.45. The summed E-state index contributed by atoms with van der Waals surface area (Å²) in [6, 6.07) is 0. The molecule has 0 radical (unpaired) electrons. The fourth-order valence-electron chi connectivity index (χ4n) is 0.750. The van der Waals surface area contributed by atoms with E-state index in [-0.39, 0.29) is 0 Å². The van der Waals surface area contributed by atoms with Gasteiger partial charge in [-0.3, -0.25) is 0 Å². The zero-order chi connectivity index (χ0) is 6.62. The molecule has 0 unspecified atom stereocenters. The maximum absolute atomic E-state index is 2.58. The summed E-state index contributed by atoms with van der Waals surface area (Å²) in [5, 5.41) is 0. The van der Waals surface area contributed by atoms with Gasteiger partial charge in [-0.2, -0.15) is 0 Å². The van der Waals surface area contributed by atoms with Gasteiger partial charge in [-0.05, 0) is 0 Å². The van der Waals surface area contributed by atoms with Gasteiger partial charge in [0.1, 0.15) is 0 Å². The molecule has 0 bridgehead atoms. The van der Waals surface area contributed by atoms with Crippen LogP contribution >= 0.6 is 0 Å². The van der Waals surface area contributed by atoms with E-state index in [1.54, 1.807) is 11.9 Å². The molecule has 0 aliphatic carbocycles. The van der Waals surface area contributed by atoms with Gasteiger partial charge in [0.2, 0.25) is 0 Å². The van der Waals surface area contributed by atoms with Gasteiger partial charge >= 0.3 is 58.4 Å². The summed E-state index contributed by atoms with van der Waals surface area (Å²) < 4.78 is 7.20. The Bertz CT molecular complexity index is 47.1. The van der Waals surface area contributed by atoms with E-state index in [2.05, 4.69) is 25.3 Å². The third-order valence-electron chi connectivity index (χ3n) is 2.56. The van der Waals surface area contributed by atoms with E-state index in [0.717, 1.165) is 0 Å². The zero-order valence-corrected chi connectivity index (χ0v) is 10.5. The first-order valence-corrected chi connectivity index (χ1v) is 15.8. The average molecular weight is 309 g/mol. The van der Waals surface area contributed by atoms with Gasteiger partial charge in [0.15, 0.2) is 0 Å². The van der Waals surface area contributed by atoms with E-state index in [0.29, 0.717) is 0 Å². The Hall–Kier alpha value is 0.922. The molecule has 8 heavy (non-hydrogen) atoms. The van der Waals surface area contributed by atoms with Crippen molar-refractivity contribution in [1.29, 1.82) is 0 Å². The van der Waals surface area contributed by atoms with E-state index in [1.807, 2.05) is 0 Å². The molecule has 0 atom stereocenters. The van der Waals surface area contributed by atoms with Gasteiger partial charge in [0.25, 0.3) is 0 Å². The van der Waals surface area contributed by atoms with Crippen LogP contribution < -0.4 is 0 Å². The second-order valence-electron chi connectivity index (χ2n) is 2.87. The van der Waals surface area contributed by atoms with Gasteiger partial charge < -0.3 is 0 Å². The van der Waals surface area contributed by atoms with Gasteiger partial charge in [0.05, 0.1) is 0 Å². The van der Waals surface area contributed by atoms with Crippen LogP contribution in [0.25, 0.3) is 0 Å². The molecule has 1 heteroatoms. The Morgan fingerprint density at radius 2 is 1.12 bits per heavy atom. The van der Waals surface area contributed by atoms with Crippen LogP contribution in [0.1, 0.15) is 20.8 Å². The van der Waals surface area contributed by atoms with Crippen LogP contribution in [-0.2, 0) is 0 Å². The first kappa shape index (κ1) is 8.92. The number of rotatable bonds is 3. The van der Waals surface area contributed by atoms with Crippen LogP contribution in [0.3, 0.4) is 0 Å². The first-order valence-electron chi connectivity index (χ1n) is 3.68. The van der Waals surface area contributed by atoms with Gasteiger partial charge in [-0.15, -0.1) is 0 Å². The second kappa shape index (κ2) is 3.86. The van der Waals surface area contributed by atoms with Gasteiger partial charge in [-0.1, -0.05) is 0 Å². The molecule has 0 N–H and O–H groups in total. The third kappa shape index (κ3) is 2.47. The zero-order valence-electron chi connectivity index (χ0n) is 6.62. The molecule has 0 spiro atoms. The summed E-state index contributed by atoms with van der Waals surface area (Å²) in [7, 11) is 0. The van der Waals surface area contributed by atoms with E-state index < -0.39 is 21.2 Å². The normalized spacial score (nSPS) is 12.0. The molecule has 50 valence electrons. The predicted octanol–water partition coefficient (Wildman–Crippen LogP) is 3.12. The molecular weight excluding hydrogens is 291 g/mol. The Kier molecular flexibility index (Phi) is 4.30. The monoisotopic (exact) mass is 310 g/mol. The van der Waals surface area contributed by atoms with Crippen molar-refractivity contribution >= 4 is 21.2 Å². The molecule has 0 aromatic heterocycles. The summed E-state index contributed by atoms with van der Waals surface area (Å²) in [5.41, 5.74) is 0. The van der Waals surface area contributed by atoms with Crippen molar-refractivity contribution in [1.82, 2.24) is 0 Å². The molecule has 0 heterocycles. The Morgan fingerprint density at radius 3 is 1.12 bits per heavy atom. The van der Waals surface area contributed by atoms with Crippen LogP contribution in [0, 0.1) is 0 Å². The number of hydrogen-bond acceptors (Lipinski definition) is 0. The van der Waals surface area contributed by atoms with Crippen LogP contribution in [0.15, 0.2) is 0 Å². The molecule has 0 fully saturated rings. The summed E-state index contributed by atoms with van der Waals surface area (Å²) in [5.74, 6) is 0. The summed E-state index contributed by atoms with van der Waals surface area (Å²) in [6.45, 7) is 7.11. The minimum absolute atomic E-state index is 1.45. The quantitative estimate of drug-likeness (QED) is 0.703. The summed E-state index contributed by atoms with van der Waals surface area (Å²) in [6.07, 6.45) is 0. The Labute approximate surface area is 58.3 Å². The van der Waals surface area contributed by atoms with Crippen LogP contribution in [0.4, 0.5) is 0 Å². The molecule has 0 nitrogen and oxygen atoms in total. The molecule has 0 saturated carbocycles. The molecule has 0 aromatic rings. The van der Waals surface area contributed by atoms with Gasteiger partial charge in [-0.25, -0.2) is 0 Å². The molecule has 0 aliphatic rings. The molecular formula is C7H18Pb. The minimum atomic E-state index is -1.45. The first-order chi connectivity index (χ1) is 3.68. The van der Waals surface area contributed by atoms with Crippen LogP contribution in [0.2, 0.25) is 16.4 Å². The Balaban J connectivity index is 3.58. The second-order valence-corrected chi connectivity index (χ2v) is 25.2. The fourth-order valence-corrected chi connectivity index (χ4v) is 6.58. The van der Waals surface area contributed by atoms with Crippen LogP contribution in [-0.4, -0.2) is 21.2 Å². The van der Waals surface area contributed by atoms with Crippen molar-refractivity contribution in [3.8, 4) is 0 Å². The van der Waals surface area contributed by atoms with Crippen molar-refractivity contribution in [3.05, 3.63) is 0 Å². The average Bonchev–Trinajstić information content (AvgIpc) is 1.87. The van der Waals surface area contributed by atoms with E-state index in [9.17, 15) is 0 Å². The summed E-state index contributed by atoms with van der Waals surface area (Å²) in [4.78, 5) is 0. The van der Waals surface area contributed by atoms with Crippen molar-refractivity contribution in [2.75, 3.05) is 0 Å². The van der Waals surface area contributed by atoms with Crippen molar-refractivity contribution in [3.63, 3.8) is 0 Å². The molecule has 0 saturated heterocycles. The standard InChI is InChI=1S/3C2H5.CH3.Pb/c3*1-2;;/h3*1H2,2H3;1H3;. The molecule has 0 amide bonds. The van der Waals surface area contributed by atoms with Crippen molar-refractivity contribution in [2.45, 2.75) is 37.2 Å². The fraction of sp³-hybridized carbons (Fsp3) is 1.00. The van der Waals surface area contributed by atoms with E-state index in [4.69, 9.17) is 0 Å². The SMILES string of the molecule is C[CH2][Pb]([CH3])([CH2]C)[CH2]C. The Morgan fingerprint density at radius 1 is 0.875 bits per heavy atom.